The van der Waals surface area contributed by atoms with Crippen molar-refractivity contribution in [3.8, 4) is 6.07 Å². The number of nitrogens with zero attached hydrogens (tertiary/aromatic N) is 1. The highest BCUT2D eigenvalue weighted by molar-refractivity contribution is 6.05. The van der Waals surface area contributed by atoms with Crippen LogP contribution in [0.15, 0.2) is 72.8 Å². The topological polar surface area (TPSA) is 61.1 Å². The summed E-state index contributed by atoms with van der Waals surface area (Å²) in [5.74, 6) is -0.559. The van der Waals surface area contributed by atoms with Gasteiger partial charge in [0.1, 0.15) is 0 Å². The van der Waals surface area contributed by atoms with E-state index in [1.807, 2.05) is 0 Å². The second-order valence-electron chi connectivity index (χ2n) is 4.36. The van der Waals surface area contributed by atoms with Crippen molar-refractivity contribution in [3.63, 3.8) is 0 Å². The van der Waals surface area contributed by atoms with Crippen LogP contribution in [0.25, 0.3) is 0 Å². The van der Waals surface area contributed by atoms with Crippen molar-refractivity contribution < 1.29 is 9.90 Å². The number of hydrogen-bond acceptors (Lipinski definition) is 3. The molecule has 1 unspecified atom stereocenters. The molecule has 0 spiro atoms. The molecular formula is C17H13NO2. The average Bonchev–Trinajstić information content (AvgIpc) is 2.54. The van der Waals surface area contributed by atoms with Gasteiger partial charge in [-0.1, -0.05) is 67.2 Å². The summed E-state index contributed by atoms with van der Waals surface area (Å²) in [5.41, 5.74) is -1.56. The lowest BCUT2D eigenvalue weighted by Gasteiger charge is -2.26. The van der Waals surface area contributed by atoms with Gasteiger partial charge in [-0.25, -0.2) is 0 Å². The van der Waals surface area contributed by atoms with E-state index in [-0.39, 0.29) is 5.57 Å². The maximum Gasteiger partial charge on any atom is 0.204 e. The first-order valence-electron chi connectivity index (χ1n) is 6.08. The van der Waals surface area contributed by atoms with Gasteiger partial charge in [0.2, 0.25) is 5.78 Å². The zero-order valence-corrected chi connectivity index (χ0v) is 10.8. The molecule has 0 aromatic heterocycles. The van der Waals surface area contributed by atoms with Crippen molar-refractivity contribution >= 4 is 5.78 Å². The Hall–Kier alpha value is -2.70. The Morgan fingerprint density at radius 3 is 2.05 bits per heavy atom. The van der Waals surface area contributed by atoms with Gasteiger partial charge in [-0.3, -0.25) is 4.79 Å². The molecule has 0 aliphatic heterocycles. The van der Waals surface area contributed by atoms with Crippen LogP contribution in [0.2, 0.25) is 0 Å². The van der Waals surface area contributed by atoms with E-state index in [1.54, 1.807) is 66.7 Å². The fourth-order valence-corrected chi connectivity index (χ4v) is 2.00. The van der Waals surface area contributed by atoms with Crippen LogP contribution in [0.3, 0.4) is 0 Å². The Morgan fingerprint density at radius 1 is 1.05 bits per heavy atom. The van der Waals surface area contributed by atoms with Crippen molar-refractivity contribution in [2.24, 2.45) is 0 Å². The van der Waals surface area contributed by atoms with Gasteiger partial charge >= 0.3 is 0 Å². The average molecular weight is 263 g/mol. The number of ketones is 1. The monoisotopic (exact) mass is 263 g/mol. The summed E-state index contributed by atoms with van der Waals surface area (Å²) in [6.45, 7) is 3.54. The number of aliphatic hydroxyl groups is 1. The van der Waals surface area contributed by atoms with Crippen molar-refractivity contribution in [3.05, 3.63) is 83.9 Å². The third-order valence-electron chi connectivity index (χ3n) is 3.13. The molecule has 98 valence electrons. The fraction of sp³-hybridized carbons (Fsp3) is 0.0588. The van der Waals surface area contributed by atoms with Crippen LogP contribution in [0.4, 0.5) is 0 Å². The zero-order chi connectivity index (χ0) is 14.6. The summed E-state index contributed by atoms with van der Waals surface area (Å²) < 4.78 is 0. The predicted octanol–water partition coefficient (Wildman–Crippen LogP) is 2.84. The van der Waals surface area contributed by atoms with E-state index in [1.165, 1.54) is 0 Å². The van der Waals surface area contributed by atoms with Crippen molar-refractivity contribution in [2.45, 2.75) is 5.60 Å². The van der Waals surface area contributed by atoms with Crippen molar-refractivity contribution in [2.75, 3.05) is 0 Å². The molecule has 0 heterocycles. The first-order chi connectivity index (χ1) is 9.60. The normalized spacial score (nSPS) is 13.0. The van der Waals surface area contributed by atoms with E-state index in [0.717, 1.165) is 0 Å². The lowest BCUT2D eigenvalue weighted by molar-refractivity contribution is 0.0490. The quantitative estimate of drug-likeness (QED) is 0.681. The summed E-state index contributed by atoms with van der Waals surface area (Å²) in [6, 6.07) is 18.5. The number of Topliss-reactive ketones (excluding diaryl/α,β-unsaturated/α-hetero) is 1. The molecule has 0 fully saturated rings. The molecule has 0 amide bonds. The molecule has 0 saturated heterocycles. The first-order valence-corrected chi connectivity index (χ1v) is 6.08. The van der Waals surface area contributed by atoms with Crippen molar-refractivity contribution in [1.82, 2.24) is 0 Å². The second kappa shape index (κ2) is 5.52. The Morgan fingerprint density at radius 2 is 1.55 bits per heavy atom. The Labute approximate surface area is 117 Å². The van der Waals surface area contributed by atoms with E-state index in [9.17, 15) is 9.90 Å². The summed E-state index contributed by atoms with van der Waals surface area (Å²) >= 11 is 0. The Kier molecular flexibility index (Phi) is 3.79. The van der Waals surface area contributed by atoms with E-state index >= 15 is 0 Å². The minimum atomic E-state index is -2.03. The van der Waals surface area contributed by atoms with Crippen molar-refractivity contribution in [1.29, 1.82) is 5.26 Å². The molecule has 0 radical (unpaired) electrons. The molecule has 2 aromatic rings. The molecule has 0 saturated carbocycles. The maximum atomic E-state index is 12.6. The standard InChI is InChI=1S/C17H13NO2/c1-13(12-18)17(20,15-10-6-3-7-11-15)16(19)14-8-4-2-5-9-14/h2-11,20H,1H2. The summed E-state index contributed by atoms with van der Waals surface area (Å²) in [7, 11) is 0. The lowest BCUT2D eigenvalue weighted by atomic mass is 9.81. The molecule has 0 aliphatic rings. The van der Waals surface area contributed by atoms with Gasteiger partial charge < -0.3 is 5.11 Å². The predicted molar refractivity (Wildman–Crippen MR) is 75.9 cm³/mol. The number of carbonyl (C=O) groups is 1. The molecule has 20 heavy (non-hydrogen) atoms. The molecule has 1 atom stereocenters. The number of rotatable bonds is 4. The number of carbonyl (C=O) groups excluding carboxylic acids is 1. The highest BCUT2D eigenvalue weighted by Gasteiger charge is 2.41. The molecule has 0 bridgehead atoms. The third-order valence-corrected chi connectivity index (χ3v) is 3.13. The number of nitriles is 1. The summed E-state index contributed by atoms with van der Waals surface area (Å²) in [6.07, 6.45) is 0. The first kappa shape index (κ1) is 13.7. The molecule has 2 rings (SSSR count). The van der Waals surface area contributed by atoms with Crippen LogP contribution in [0, 0.1) is 11.3 Å². The fourth-order valence-electron chi connectivity index (χ4n) is 2.00. The van der Waals surface area contributed by atoms with E-state index in [4.69, 9.17) is 5.26 Å². The van der Waals surface area contributed by atoms with Crippen LogP contribution in [-0.2, 0) is 5.60 Å². The smallest absolute Gasteiger partial charge is 0.204 e. The molecule has 3 nitrogen and oxygen atoms in total. The lowest BCUT2D eigenvalue weighted by Crippen LogP contribution is -2.37. The second-order valence-corrected chi connectivity index (χ2v) is 4.36. The summed E-state index contributed by atoms with van der Waals surface area (Å²) in [4.78, 5) is 12.6. The molecular weight excluding hydrogens is 250 g/mol. The van der Waals surface area contributed by atoms with Crippen LogP contribution in [0.1, 0.15) is 15.9 Å². The SMILES string of the molecule is C=C(C#N)C(O)(C(=O)c1ccccc1)c1ccccc1. The van der Waals surface area contributed by atoms with Gasteiger partial charge in [0.15, 0.2) is 5.60 Å². The number of benzene rings is 2. The molecule has 3 heteroatoms. The van der Waals surface area contributed by atoms with Gasteiger partial charge in [-0.2, -0.15) is 5.26 Å². The van der Waals surface area contributed by atoms with Gasteiger partial charge in [-0.15, -0.1) is 0 Å². The van der Waals surface area contributed by atoms with E-state index < -0.39 is 11.4 Å². The maximum absolute atomic E-state index is 12.6. The van der Waals surface area contributed by atoms with Crippen LogP contribution in [0.5, 0.6) is 0 Å². The minimum Gasteiger partial charge on any atom is -0.372 e. The Bertz CT molecular complexity index is 671. The van der Waals surface area contributed by atoms with E-state index in [2.05, 4.69) is 6.58 Å². The number of hydrogen-bond donors (Lipinski definition) is 1. The Balaban J connectivity index is 2.58. The van der Waals surface area contributed by atoms with Crippen LogP contribution in [-0.4, -0.2) is 10.9 Å². The van der Waals surface area contributed by atoms with Gasteiger partial charge in [-0.05, 0) is 5.56 Å². The highest BCUT2D eigenvalue weighted by atomic mass is 16.3. The van der Waals surface area contributed by atoms with Crippen LogP contribution >= 0.6 is 0 Å². The van der Waals surface area contributed by atoms with E-state index in [0.29, 0.717) is 11.1 Å². The van der Waals surface area contributed by atoms with Crippen LogP contribution < -0.4 is 0 Å². The zero-order valence-electron chi connectivity index (χ0n) is 10.8. The minimum absolute atomic E-state index is 0.197. The molecule has 2 aromatic carbocycles. The molecule has 0 aliphatic carbocycles. The highest BCUT2D eigenvalue weighted by Crippen LogP contribution is 2.32. The third kappa shape index (κ3) is 2.25. The van der Waals surface area contributed by atoms with Gasteiger partial charge in [0.25, 0.3) is 0 Å². The summed E-state index contributed by atoms with van der Waals surface area (Å²) in [5, 5.41) is 19.9. The molecule has 1 N–H and O–H groups in total. The van der Waals surface area contributed by atoms with Gasteiger partial charge in [0, 0.05) is 5.56 Å². The largest absolute Gasteiger partial charge is 0.372 e. The van der Waals surface area contributed by atoms with Gasteiger partial charge in [0.05, 0.1) is 11.6 Å².